The monoisotopic (exact) mass is 286 g/mol. The number of anilines is 1. The molecule has 0 aliphatic rings. The number of hydrogen-bond acceptors (Lipinski definition) is 2. The largest absolute Gasteiger partial charge is 0.508 e. The first kappa shape index (κ1) is 12.6. The predicted octanol–water partition coefficient (Wildman–Crippen LogP) is 3.78. The lowest BCUT2D eigenvalue weighted by atomic mass is 10.1. The van der Waals surface area contributed by atoms with Crippen molar-refractivity contribution in [3.8, 4) is 5.75 Å². The van der Waals surface area contributed by atoms with Crippen LogP contribution in [0, 0.1) is 0 Å². The number of para-hydroxylation sites is 1. The number of aromatic nitrogens is 1. The molecule has 3 aromatic rings. The number of amides is 1. The van der Waals surface area contributed by atoms with Crippen molar-refractivity contribution in [3.63, 3.8) is 0 Å². The number of carbonyl (C=O) groups excluding carboxylic acids is 1. The molecule has 20 heavy (non-hydrogen) atoms. The highest BCUT2D eigenvalue weighted by atomic mass is 35.5. The van der Waals surface area contributed by atoms with Crippen molar-refractivity contribution in [2.75, 3.05) is 5.32 Å². The molecule has 0 radical (unpaired) electrons. The number of nitrogens with one attached hydrogen (secondary N) is 2. The molecule has 4 nitrogen and oxygen atoms in total. The third-order valence-electron chi connectivity index (χ3n) is 3.03. The summed E-state index contributed by atoms with van der Waals surface area (Å²) in [6.45, 7) is 0. The van der Waals surface area contributed by atoms with Crippen molar-refractivity contribution in [2.45, 2.75) is 0 Å². The number of hydrogen-bond donors (Lipinski definition) is 3. The Balaban J connectivity index is 1.95. The number of carbonyl (C=O) groups is 1. The lowest BCUT2D eigenvalue weighted by Gasteiger charge is -2.08. The Labute approximate surface area is 120 Å². The Morgan fingerprint density at radius 3 is 2.85 bits per heavy atom. The summed E-state index contributed by atoms with van der Waals surface area (Å²) in [6, 6.07) is 11.8. The number of phenols is 1. The summed E-state index contributed by atoms with van der Waals surface area (Å²) in [6.07, 6.45) is 1.79. The normalized spacial score (nSPS) is 10.7. The van der Waals surface area contributed by atoms with Crippen LogP contribution in [0.2, 0.25) is 5.02 Å². The minimum Gasteiger partial charge on any atom is -0.508 e. The van der Waals surface area contributed by atoms with Gasteiger partial charge < -0.3 is 15.4 Å². The van der Waals surface area contributed by atoms with Crippen molar-refractivity contribution in [3.05, 3.63) is 59.2 Å². The maximum atomic E-state index is 12.3. The first-order valence-corrected chi connectivity index (χ1v) is 6.39. The van der Waals surface area contributed by atoms with E-state index in [0.29, 0.717) is 11.3 Å². The molecule has 0 saturated heterocycles. The smallest absolute Gasteiger partial charge is 0.257 e. The second-order valence-corrected chi connectivity index (χ2v) is 4.77. The van der Waals surface area contributed by atoms with Gasteiger partial charge in [-0.05, 0) is 24.3 Å². The van der Waals surface area contributed by atoms with Crippen LogP contribution in [0.3, 0.4) is 0 Å². The van der Waals surface area contributed by atoms with Gasteiger partial charge in [-0.15, -0.1) is 0 Å². The number of aromatic hydroxyl groups is 1. The van der Waals surface area contributed by atoms with Gasteiger partial charge >= 0.3 is 0 Å². The highest BCUT2D eigenvalue weighted by Crippen LogP contribution is 2.27. The number of phenolic OH excluding ortho intramolecular Hbond substituents is 1. The SMILES string of the molecule is O=C(Nc1ccc(O)cc1Cl)c1cccc2cc[nH]c12. The van der Waals surface area contributed by atoms with Gasteiger partial charge in [0.2, 0.25) is 0 Å². The fourth-order valence-electron chi connectivity index (χ4n) is 2.07. The van der Waals surface area contributed by atoms with E-state index < -0.39 is 0 Å². The summed E-state index contributed by atoms with van der Waals surface area (Å²) in [7, 11) is 0. The first-order chi connectivity index (χ1) is 9.65. The molecule has 0 bridgehead atoms. The molecule has 0 aliphatic carbocycles. The Morgan fingerprint density at radius 2 is 2.05 bits per heavy atom. The van der Waals surface area contributed by atoms with Crippen molar-refractivity contribution in [1.29, 1.82) is 0 Å². The van der Waals surface area contributed by atoms with Gasteiger partial charge in [-0.1, -0.05) is 23.7 Å². The first-order valence-electron chi connectivity index (χ1n) is 6.01. The van der Waals surface area contributed by atoms with Crippen LogP contribution in [0.1, 0.15) is 10.4 Å². The molecule has 0 fully saturated rings. The van der Waals surface area contributed by atoms with Gasteiger partial charge in [0.15, 0.2) is 0 Å². The van der Waals surface area contributed by atoms with Gasteiger partial charge in [-0.3, -0.25) is 4.79 Å². The van der Waals surface area contributed by atoms with E-state index in [1.807, 2.05) is 18.2 Å². The van der Waals surface area contributed by atoms with Crippen molar-refractivity contribution in [2.24, 2.45) is 0 Å². The topological polar surface area (TPSA) is 65.1 Å². The van der Waals surface area contributed by atoms with Crippen molar-refractivity contribution >= 4 is 34.1 Å². The Bertz CT molecular complexity index is 795. The predicted molar refractivity (Wildman–Crippen MR) is 79.4 cm³/mol. The lowest BCUT2D eigenvalue weighted by molar-refractivity contribution is 0.102. The minimum absolute atomic E-state index is 0.0551. The highest BCUT2D eigenvalue weighted by molar-refractivity contribution is 6.34. The van der Waals surface area contributed by atoms with E-state index in [9.17, 15) is 9.90 Å². The van der Waals surface area contributed by atoms with Crippen molar-refractivity contribution in [1.82, 2.24) is 4.98 Å². The minimum atomic E-state index is -0.259. The summed E-state index contributed by atoms with van der Waals surface area (Å²) in [5.74, 6) is -0.204. The average Bonchev–Trinajstić information content (AvgIpc) is 2.90. The molecule has 1 aromatic heterocycles. The Kier molecular flexibility index (Phi) is 3.08. The van der Waals surface area contributed by atoms with E-state index >= 15 is 0 Å². The fraction of sp³-hybridized carbons (Fsp3) is 0. The second-order valence-electron chi connectivity index (χ2n) is 4.37. The van der Waals surface area contributed by atoms with Gasteiger partial charge in [-0.25, -0.2) is 0 Å². The van der Waals surface area contributed by atoms with E-state index in [1.165, 1.54) is 12.1 Å². The molecule has 3 N–H and O–H groups in total. The maximum absolute atomic E-state index is 12.3. The van der Waals surface area contributed by atoms with E-state index in [2.05, 4.69) is 10.3 Å². The lowest BCUT2D eigenvalue weighted by Crippen LogP contribution is -2.12. The van der Waals surface area contributed by atoms with E-state index in [-0.39, 0.29) is 16.7 Å². The maximum Gasteiger partial charge on any atom is 0.257 e. The van der Waals surface area contributed by atoms with Gasteiger partial charge in [0, 0.05) is 17.6 Å². The molecule has 0 saturated carbocycles. The third kappa shape index (κ3) is 2.21. The van der Waals surface area contributed by atoms with Crippen LogP contribution >= 0.6 is 11.6 Å². The molecule has 0 unspecified atom stereocenters. The van der Waals surface area contributed by atoms with Crippen LogP contribution in [0.5, 0.6) is 5.75 Å². The standard InChI is InChI=1S/C15H11ClN2O2/c16-12-8-10(19)4-5-13(12)18-15(20)11-3-1-2-9-6-7-17-14(9)11/h1-8,17,19H,(H,18,20). The summed E-state index contributed by atoms with van der Waals surface area (Å²) >= 11 is 5.98. The molecule has 1 heterocycles. The molecule has 0 atom stereocenters. The number of benzene rings is 2. The number of halogens is 1. The zero-order valence-corrected chi connectivity index (χ0v) is 11.1. The Morgan fingerprint density at radius 1 is 1.20 bits per heavy atom. The number of H-pyrrole nitrogens is 1. The molecular weight excluding hydrogens is 276 g/mol. The zero-order chi connectivity index (χ0) is 14.1. The van der Waals surface area contributed by atoms with Gasteiger partial charge in [0.1, 0.15) is 5.75 Å². The van der Waals surface area contributed by atoms with Crippen LogP contribution in [-0.4, -0.2) is 16.0 Å². The third-order valence-corrected chi connectivity index (χ3v) is 3.35. The summed E-state index contributed by atoms with van der Waals surface area (Å²) in [4.78, 5) is 15.4. The molecule has 100 valence electrons. The number of rotatable bonds is 2. The quantitative estimate of drug-likeness (QED) is 0.628. The van der Waals surface area contributed by atoms with Crippen LogP contribution in [-0.2, 0) is 0 Å². The molecule has 3 rings (SSSR count). The second kappa shape index (κ2) is 4.90. The van der Waals surface area contributed by atoms with E-state index in [0.717, 1.165) is 10.9 Å². The average molecular weight is 287 g/mol. The zero-order valence-electron chi connectivity index (χ0n) is 10.4. The summed E-state index contributed by atoms with van der Waals surface area (Å²) in [5.41, 5.74) is 1.77. The van der Waals surface area contributed by atoms with Crippen LogP contribution in [0.4, 0.5) is 5.69 Å². The highest BCUT2D eigenvalue weighted by Gasteiger charge is 2.12. The van der Waals surface area contributed by atoms with Crippen molar-refractivity contribution < 1.29 is 9.90 Å². The van der Waals surface area contributed by atoms with Crippen LogP contribution in [0.15, 0.2) is 48.7 Å². The van der Waals surface area contributed by atoms with Gasteiger partial charge in [0.05, 0.1) is 21.8 Å². The molecule has 2 aromatic carbocycles. The molecule has 0 aliphatic heterocycles. The molecule has 1 amide bonds. The van der Waals surface area contributed by atoms with E-state index in [1.54, 1.807) is 18.3 Å². The van der Waals surface area contributed by atoms with Crippen LogP contribution < -0.4 is 5.32 Å². The summed E-state index contributed by atoms with van der Waals surface area (Å²) < 4.78 is 0. The Hall–Kier alpha value is -2.46. The van der Waals surface area contributed by atoms with Gasteiger partial charge in [0.25, 0.3) is 5.91 Å². The molecular formula is C15H11ClN2O2. The van der Waals surface area contributed by atoms with E-state index in [4.69, 9.17) is 11.6 Å². The molecule has 0 spiro atoms. The van der Waals surface area contributed by atoms with Gasteiger partial charge in [-0.2, -0.15) is 0 Å². The van der Waals surface area contributed by atoms with Crippen LogP contribution in [0.25, 0.3) is 10.9 Å². The number of fused-ring (bicyclic) bond motifs is 1. The number of aromatic amines is 1. The summed E-state index contributed by atoms with van der Waals surface area (Å²) in [5, 5.41) is 13.3. The fourth-order valence-corrected chi connectivity index (χ4v) is 2.29. The molecule has 5 heteroatoms.